The molecule has 0 aliphatic rings. The van der Waals surface area contributed by atoms with Gasteiger partial charge in [-0.15, -0.1) is 24.8 Å². The molecule has 184 valence electrons. The summed E-state index contributed by atoms with van der Waals surface area (Å²) in [6, 6.07) is 17.5. The first-order valence-corrected chi connectivity index (χ1v) is 11.7. The van der Waals surface area contributed by atoms with Crippen LogP contribution in [-0.2, 0) is 16.3 Å². The molecule has 3 rings (SSSR count). The van der Waals surface area contributed by atoms with Crippen molar-refractivity contribution in [1.82, 2.24) is 5.32 Å². The van der Waals surface area contributed by atoms with Crippen LogP contribution < -0.4 is 16.8 Å². The maximum absolute atomic E-state index is 12.9. The molecule has 1 amide bonds. The van der Waals surface area contributed by atoms with Crippen LogP contribution in [0.4, 0.5) is 5.69 Å². The van der Waals surface area contributed by atoms with E-state index in [0.29, 0.717) is 24.5 Å². The van der Waals surface area contributed by atoms with E-state index in [1.165, 1.54) is 30.3 Å². The average molecular weight is 547 g/mol. The van der Waals surface area contributed by atoms with Crippen LogP contribution in [0.2, 0.25) is 5.02 Å². The van der Waals surface area contributed by atoms with Gasteiger partial charge in [0.15, 0.2) is 0 Å². The van der Waals surface area contributed by atoms with E-state index >= 15 is 0 Å². The van der Waals surface area contributed by atoms with Crippen LogP contribution in [0.25, 0.3) is 0 Å². The van der Waals surface area contributed by atoms with Crippen molar-refractivity contribution < 1.29 is 18.3 Å². The Morgan fingerprint density at radius 3 is 2.26 bits per heavy atom. The van der Waals surface area contributed by atoms with Crippen LogP contribution in [0.3, 0.4) is 0 Å². The van der Waals surface area contributed by atoms with Gasteiger partial charge in [-0.3, -0.25) is 4.79 Å². The average Bonchev–Trinajstić information content (AvgIpc) is 2.77. The number of hydrogen-bond donors (Lipinski definition) is 4. The fourth-order valence-electron chi connectivity index (χ4n) is 3.19. The highest BCUT2D eigenvalue weighted by atomic mass is 35.5. The summed E-state index contributed by atoms with van der Waals surface area (Å²) in [6.07, 6.45) is -0.0255. The first-order chi connectivity index (χ1) is 15.2. The van der Waals surface area contributed by atoms with Crippen molar-refractivity contribution in [2.45, 2.75) is 22.3 Å². The molecule has 0 aromatic heterocycles. The molecule has 34 heavy (non-hydrogen) atoms. The SMILES string of the molecule is Cl.Cl.NC(=O)c1cc(S(=O)(=O)c2ccc(CCNC[C@@H](O)c3cccc(Cl)c3)cc2)ccc1N. The molecular formula is C23H26Cl3N3O4S. The van der Waals surface area contributed by atoms with E-state index in [1.54, 1.807) is 30.3 Å². The number of aliphatic hydroxyl groups is 1. The third-order valence-corrected chi connectivity index (χ3v) is 7.00. The highest BCUT2D eigenvalue weighted by molar-refractivity contribution is 7.91. The number of sulfone groups is 1. The number of halogens is 3. The van der Waals surface area contributed by atoms with Crippen molar-refractivity contribution >= 4 is 57.8 Å². The summed E-state index contributed by atoms with van der Waals surface area (Å²) in [4.78, 5) is 11.5. The number of hydrogen-bond acceptors (Lipinski definition) is 6. The van der Waals surface area contributed by atoms with Crippen molar-refractivity contribution in [3.05, 3.63) is 88.4 Å². The Bertz CT molecular complexity index is 1220. The normalized spacial score (nSPS) is 11.7. The van der Waals surface area contributed by atoms with Gasteiger partial charge in [0.2, 0.25) is 9.84 Å². The molecular weight excluding hydrogens is 521 g/mol. The fourth-order valence-corrected chi connectivity index (χ4v) is 4.68. The molecule has 0 spiro atoms. The molecule has 0 unspecified atom stereocenters. The van der Waals surface area contributed by atoms with Crippen LogP contribution >= 0.6 is 36.4 Å². The lowest BCUT2D eigenvalue weighted by Gasteiger charge is -2.13. The summed E-state index contributed by atoms with van der Waals surface area (Å²) in [5.41, 5.74) is 12.7. The number of benzene rings is 3. The zero-order chi connectivity index (χ0) is 23.3. The number of carbonyl (C=O) groups is 1. The van der Waals surface area contributed by atoms with Crippen LogP contribution in [0, 0.1) is 0 Å². The van der Waals surface area contributed by atoms with E-state index in [4.69, 9.17) is 23.1 Å². The summed E-state index contributed by atoms with van der Waals surface area (Å²) >= 11 is 5.94. The molecule has 0 aliphatic heterocycles. The molecule has 0 saturated carbocycles. The molecule has 3 aromatic rings. The number of nitrogens with two attached hydrogens (primary N) is 2. The number of rotatable bonds is 9. The Labute approximate surface area is 216 Å². The summed E-state index contributed by atoms with van der Waals surface area (Å²) in [6.45, 7) is 0.968. The van der Waals surface area contributed by atoms with Gasteiger partial charge in [-0.2, -0.15) is 0 Å². The van der Waals surface area contributed by atoms with Gasteiger partial charge in [-0.25, -0.2) is 8.42 Å². The van der Waals surface area contributed by atoms with Gasteiger partial charge in [0.05, 0.1) is 21.5 Å². The standard InChI is InChI=1S/C23H24ClN3O4S.2ClH/c24-17-3-1-2-16(12-17)22(28)14-27-11-10-15-4-6-18(7-5-15)32(30,31)19-8-9-21(25)20(13-19)23(26)29;;/h1-9,12-13,22,27-28H,10-11,14,25H2,(H2,26,29);2*1H/t22-;;/m1../s1. The number of primary amides is 1. The Hall–Kier alpha value is -2.33. The highest BCUT2D eigenvalue weighted by Gasteiger charge is 2.20. The van der Waals surface area contributed by atoms with E-state index in [-0.39, 0.29) is 45.9 Å². The molecule has 0 bridgehead atoms. The lowest BCUT2D eigenvalue weighted by molar-refractivity contribution is 0.100. The second kappa shape index (κ2) is 12.9. The van der Waals surface area contributed by atoms with E-state index in [2.05, 4.69) is 5.32 Å². The summed E-state index contributed by atoms with van der Waals surface area (Å²) in [5.74, 6) is -0.789. The Balaban J connectivity index is 0.00000289. The maximum atomic E-state index is 12.9. The molecule has 1 atom stereocenters. The minimum absolute atomic E-state index is 0. The first kappa shape index (κ1) is 29.7. The number of nitrogens with one attached hydrogen (secondary N) is 1. The number of nitrogen functional groups attached to an aromatic ring is 1. The molecule has 11 heteroatoms. The Morgan fingerprint density at radius 2 is 1.65 bits per heavy atom. The van der Waals surface area contributed by atoms with E-state index < -0.39 is 21.8 Å². The number of aliphatic hydroxyl groups excluding tert-OH is 1. The van der Waals surface area contributed by atoms with E-state index in [0.717, 1.165) is 11.1 Å². The number of carbonyl (C=O) groups excluding carboxylic acids is 1. The lowest BCUT2D eigenvalue weighted by Crippen LogP contribution is -2.23. The van der Waals surface area contributed by atoms with E-state index in [1.807, 2.05) is 6.07 Å². The van der Waals surface area contributed by atoms with Crippen molar-refractivity contribution in [2.24, 2.45) is 5.73 Å². The topological polar surface area (TPSA) is 136 Å². The second-order valence-corrected chi connectivity index (χ2v) is 9.67. The van der Waals surface area contributed by atoms with Gasteiger partial charge in [-0.1, -0.05) is 35.9 Å². The molecule has 0 saturated heterocycles. The molecule has 0 radical (unpaired) electrons. The summed E-state index contributed by atoms with van der Waals surface area (Å²) < 4.78 is 25.8. The third-order valence-electron chi connectivity index (χ3n) is 5.00. The summed E-state index contributed by atoms with van der Waals surface area (Å²) in [7, 11) is -3.82. The Kier molecular flexibility index (Phi) is 11.3. The van der Waals surface area contributed by atoms with Crippen molar-refractivity contribution in [3.8, 4) is 0 Å². The van der Waals surface area contributed by atoms with Crippen molar-refractivity contribution in [3.63, 3.8) is 0 Å². The van der Waals surface area contributed by atoms with Gasteiger partial charge in [0, 0.05) is 17.3 Å². The predicted octanol–water partition coefficient (Wildman–Crippen LogP) is 3.56. The van der Waals surface area contributed by atoms with Crippen LogP contribution in [0.1, 0.15) is 27.6 Å². The van der Waals surface area contributed by atoms with Crippen molar-refractivity contribution in [2.75, 3.05) is 18.8 Å². The summed E-state index contributed by atoms with van der Waals surface area (Å²) in [5, 5.41) is 14.0. The maximum Gasteiger partial charge on any atom is 0.250 e. The van der Waals surface area contributed by atoms with Crippen LogP contribution in [-0.4, -0.2) is 32.5 Å². The highest BCUT2D eigenvalue weighted by Crippen LogP contribution is 2.24. The minimum Gasteiger partial charge on any atom is -0.398 e. The first-order valence-electron chi connectivity index (χ1n) is 9.86. The predicted molar refractivity (Wildman–Crippen MR) is 139 cm³/mol. The van der Waals surface area contributed by atoms with Gasteiger partial charge in [0.25, 0.3) is 5.91 Å². The molecule has 0 aliphatic carbocycles. The molecule has 7 nitrogen and oxygen atoms in total. The van der Waals surface area contributed by atoms with Gasteiger partial charge >= 0.3 is 0 Å². The quantitative estimate of drug-likeness (QED) is 0.239. The zero-order valence-electron chi connectivity index (χ0n) is 18.0. The molecule has 3 aromatic carbocycles. The van der Waals surface area contributed by atoms with Crippen molar-refractivity contribution in [1.29, 1.82) is 0 Å². The largest absolute Gasteiger partial charge is 0.398 e. The fraction of sp³-hybridized carbons (Fsp3) is 0.174. The molecule has 0 heterocycles. The van der Waals surface area contributed by atoms with Gasteiger partial charge in [0.1, 0.15) is 0 Å². The Morgan fingerprint density at radius 1 is 1.00 bits per heavy atom. The smallest absolute Gasteiger partial charge is 0.250 e. The van der Waals surface area contributed by atoms with E-state index in [9.17, 15) is 18.3 Å². The molecule has 0 fully saturated rings. The van der Waals surface area contributed by atoms with Crippen LogP contribution in [0.15, 0.2) is 76.5 Å². The van der Waals surface area contributed by atoms with Gasteiger partial charge < -0.3 is 21.9 Å². The minimum atomic E-state index is -3.82. The van der Waals surface area contributed by atoms with Crippen LogP contribution in [0.5, 0.6) is 0 Å². The van der Waals surface area contributed by atoms with Gasteiger partial charge in [-0.05, 0) is 66.6 Å². The number of anilines is 1. The third kappa shape index (κ3) is 7.33. The molecule has 6 N–H and O–H groups in total. The number of amides is 1. The zero-order valence-corrected chi connectivity index (χ0v) is 21.2. The second-order valence-electron chi connectivity index (χ2n) is 7.29. The monoisotopic (exact) mass is 545 g/mol. The lowest BCUT2D eigenvalue weighted by atomic mass is 10.1.